The third kappa shape index (κ3) is 5.37. The fraction of sp³-hybridized carbons (Fsp3) is 0.111. The van der Waals surface area contributed by atoms with Gasteiger partial charge in [0.2, 0.25) is 5.89 Å². The number of nitrogens with zero attached hydrogens (tertiary/aromatic N) is 2. The second-order valence-electron chi connectivity index (χ2n) is 7.60. The molecule has 0 saturated heterocycles. The predicted octanol–water partition coefficient (Wildman–Crippen LogP) is 5.18. The van der Waals surface area contributed by atoms with Crippen molar-refractivity contribution in [2.75, 3.05) is 11.9 Å². The van der Waals surface area contributed by atoms with E-state index in [0.29, 0.717) is 23.4 Å². The van der Waals surface area contributed by atoms with Crippen LogP contribution in [0.25, 0.3) is 22.8 Å². The van der Waals surface area contributed by atoms with E-state index in [1.54, 1.807) is 54.7 Å². The molecule has 0 saturated carbocycles. The van der Waals surface area contributed by atoms with E-state index in [4.69, 9.17) is 14.4 Å². The molecule has 34 heavy (non-hydrogen) atoms. The molecule has 1 heterocycles. The SMILES string of the molecule is Cc1ccc(-c2cnc(-c3ccccc3C(=O)OCC(=O)Nc3ccc(CC#N)cc3)o2)cc1. The van der Waals surface area contributed by atoms with Gasteiger partial charge in [0.05, 0.1) is 29.8 Å². The Labute approximate surface area is 196 Å². The molecule has 0 radical (unpaired) electrons. The number of carbonyl (C=O) groups is 2. The first-order valence-corrected chi connectivity index (χ1v) is 10.6. The molecule has 1 amide bonds. The Hall–Kier alpha value is -4.70. The van der Waals surface area contributed by atoms with Crippen molar-refractivity contribution in [3.63, 3.8) is 0 Å². The van der Waals surface area contributed by atoms with Crippen LogP contribution in [0.3, 0.4) is 0 Å². The molecule has 0 aliphatic carbocycles. The van der Waals surface area contributed by atoms with E-state index in [-0.39, 0.29) is 11.5 Å². The number of amides is 1. The molecule has 0 spiro atoms. The fourth-order valence-electron chi connectivity index (χ4n) is 3.30. The van der Waals surface area contributed by atoms with Crippen molar-refractivity contribution in [1.29, 1.82) is 5.26 Å². The van der Waals surface area contributed by atoms with E-state index in [1.807, 2.05) is 31.2 Å². The Bertz CT molecular complexity index is 1350. The zero-order chi connectivity index (χ0) is 23.9. The number of hydrogen-bond donors (Lipinski definition) is 1. The summed E-state index contributed by atoms with van der Waals surface area (Å²) in [6.07, 6.45) is 1.90. The van der Waals surface area contributed by atoms with Crippen molar-refractivity contribution < 1.29 is 18.7 Å². The Morgan fingerprint density at radius 1 is 1.03 bits per heavy atom. The van der Waals surface area contributed by atoms with E-state index < -0.39 is 18.5 Å². The monoisotopic (exact) mass is 451 g/mol. The number of esters is 1. The zero-order valence-electron chi connectivity index (χ0n) is 18.4. The minimum atomic E-state index is -0.662. The predicted molar refractivity (Wildman–Crippen MR) is 127 cm³/mol. The standard InChI is InChI=1S/C27H21N3O4/c1-18-6-10-20(11-7-18)24-16-29-26(34-24)22-4-2-3-5-23(22)27(32)33-17-25(31)30-21-12-8-19(9-13-21)14-15-28/h2-13,16H,14,17H2,1H3,(H,30,31). The second kappa shape index (κ2) is 10.3. The lowest BCUT2D eigenvalue weighted by molar-refractivity contribution is -0.119. The summed E-state index contributed by atoms with van der Waals surface area (Å²) in [5.74, 6) is -0.273. The normalized spacial score (nSPS) is 10.4. The van der Waals surface area contributed by atoms with Crippen LogP contribution in [0.2, 0.25) is 0 Å². The molecule has 1 aromatic heterocycles. The summed E-state index contributed by atoms with van der Waals surface area (Å²) in [6, 6.07) is 23.6. The fourth-order valence-corrected chi connectivity index (χ4v) is 3.30. The van der Waals surface area contributed by atoms with E-state index in [9.17, 15) is 9.59 Å². The highest BCUT2D eigenvalue weighted by molar-refractivity contribution is 5.98. The summed E-state index contributed by atoms with van der Waals surface area (Å²) >= 11 is 0. The van der Waals surface area contributed by atoms with Gasteiger partial charge >= 0.3 is 5.97 Å². The number of benzene rings is 3. The number of hydrogen-bond acceptors (Lipinski definition) is 6. The molecule has 0 aliphatic rings. The van der Waals surface area contributed by atoms with E-state index in [2.05, 4.69) is 16.4 Å². The molecule has 0 atom stereocenters. The number of oxazole rings is 1. The zero-order valence-corrected chi connectivity index (χ0v) is 18.4. The highest BCUT2D eigenvalue weighted by Crippen LogP contribution is 2.28. The molecule has 168 valence electrons. The van der Waals surface area contributed by atoms with Crippen LogP contribution < -0.4 is 5.32 Å². The number of anilines is 1. The third-order valence-corrected chi connectivity index (χ3v) is 5.07. The number of nitrogens with one attached hydrogen (secondary N) is 1. The van der Waals surface area contributed by atoms with Gasteiger partial charge in [-0.3, -0.25) is 4.79 Å². The van der Waals surface area contributed by atoms with Gasteiger partial charge in [0.25, 0.3) is 5.91 Å². The van der Waals surface area contributed by atoms with Gasteiger partial charge in [-0.15, -0.1) is 0 Å². The van der Waals surface area contributed by atoms with Crippen LogP contribution >= 0.6 is 0 Å². The van der Waals surface area contributed by atoms with E-state index in [1.165, 1.54) is 0 Å². The first kappa shape index (κ1) is 22.5. The molecule has 0 aliphatic heterocycles. The van der Waals surface area contributed by atoms with Crippen LogP contribution in [-0.4, -0.2) is 23.5 Å². The average Bonchev–Trinajstić information content (AvgIpc) is 3.34. The Morgan fingerprint density at radius 2 is 1.76 bits per heavy atom. The van der Waals surface area contributed by atoms with Crippen LogP contribution in [0.15, 0.2) is 83.4 Å². The van der Waals surface area contributed by atoms with Gasteiger partial charge in [-0.2, -0.15) is 5.26 Å². The van der Waals surface area contributed by atoms with Crippen LogP contribution in [-0.2, 0) is 16.0 Å². The molecule has 1 N–H and O–H groups in total. The third-order valence-electron chi connectivity index (χ3n) is 5.07. The number of ether oxygens (including phenoxy) is 1. The van der Waals surface area contributed by atoms with Crippen molar-refractivity contribution >= 4 is 17.6 Å². The summed E-state index contributed by atoms with van der Waals surface area (Å²) in [6.45, 7) is 1.55. The second-order valence-corrected chi connectivity index (χ2v) is 7.60. The molecule has 4 aromatic rings. The summed E-state index contributed by atoms with van der Waals surface area (Å²) in [4.78, 5) is 29.3. The number of carbonyl (C=O) groups excluding carboxylic acids is 2. The maximum atomic E-state index is 12.7. The quantitative estimate of drug-likeness (QED) is 0.388. The first-order chi connectivity index (χ1) is 16.5. The number of aryl methyl sites for hydroxylation is 1. The highest BCUT2D eigenvalue weighted by atomic mass is 16.5. The minimum Gasteiger partial charge on any atom is -0.452 e. The molecule has 0 bridgehead atoms. The Balaban J connectivity index is 1.42. The van der Waals surface area contributed by atoms with Crippen molar-refractivity contribution in [1.82, 2.24) is 4.98 Å². The minimum absolute atomic E-state index is 0.244. The maximum Gasteiger partial charge on any atom is 0.339 e. The number of aromatic nitrogens is 1. The summed E-state index contributed by atoms with van der Waals surface area (Å²) in [5.41, 5.74) is 4.12. The lowest BCUT2D eigenvalue weighted by Crippen LogP contribution is -2.21. The maximum absolute atomic E-state index is 12.7. The molecule has 0 unspecified atom stereocenters. The van der Waals surface area contributed by atoms with Gasteiger partial charge < -0.3 is 14.5 Å². The molecule has 7 nitrogen and oxygen atoms in total. The van der Waals surface area contributed by atoms with Crippen molar-refractivity contribution in [2.45, 2.75) is 13.3 Å². The Kier molecular flexibility index (Phi) is 6.80. The molecule has 7 heteroatoms. The average molecular weight is 451 g/mol. The molecule has 0 fully saturated rings. The highest BCUT2D eigenvalue weighted by Gasteiger charge is 2.19. The van der Waals surface area contributed by atoms with E-state index >= 15 is 0 Å². The number of rotatable bonds is 7. The Morgan fingerprint density at radius 3 is 2.50 bits per heavy atom. The topological polar surface area (TPSA) is 105 Å². The molecular weight excluding hydrogens is 430 g/mol. The van der Waals surface area contributed by atoms with Crippen molar-refractivity contribution in [2.24, 2.45) is 0 Å². The summed E-state index contributed by atoms with van der Waals surface area (Å²) in [7, 11) is 0. The molecule has 3 aromatic carbocycles. The van der Waals surface area contributed by atoms with Crippen molar-refractivity contribution in [3.8, 4) is 28.8 Å². The first-order valence-electron chi connectivity index (χ1n) is 10.6. The lowest BCUT2D eigenvalue weighted by atomic mass is 10.1. The van der Waals surface area contributed by atoms with Crippen LogP contribution in [0.5, 0.6) is 0 Å². The lowest BCUT2D eigenvalue weighted by Gasteiger charge is -2.09. The summed E-state index contributed by atoms with van der Waals surface area (Å²) < 4.78 is 11.1. The van der Waals surface area contributed by atoms with Gasteiger partial charge in [0.15, 0.2) is 12.4 Å². The van der Waals surface area contributed by atoms with Crippen LogP contribution in [0.1, 0.15) is 21.5 Å². The smallest absolute Gasteiger partial charge is 0.339 e. The van der Waals surface area contributed by atoms with Crippen LogP contribution in [0.4, 0.5) is 5.69 Å². The largest absolute Gasteiger partial charge is 0.452 e. The van der Waals surface area contributed by atoms with Gasteiger partial charge in [-0.1, -0.05) is 54.1 Å². The van der Waals surface area contributed by atoms with Gasteiger partial charge in [0, 0.05) is 11.3 Å². The number of nitriles is 1. The van der Waals surface area contributed by atoms with Crippen LogP contribution in [0, 0.1) is 18.3 Å². The van der Waals surface area contributed by atoms with Gasteiger partial charge in [0.1, 0.15) is 0 Å². The van der Waals surface area contributed by atoms with Crippen molar-refractivity contribution in [3.05, 3.63) is 95.7 Å². The summed E-state index contributed by atoms with van der Waals surface area (Å²) in [5, 5.41) is 11.4. The molecule has 4 rings (SSSR count). The molecular formula is C27H21N3O4. The van der Waals surface area contributed by atoms with E-state index in [0.717, 1.165) is 16.7 Å². The van der Waals surface area contributed by atoms with Gasteiger partial charge in [-0.25, -0.2) is 9.78 Å². The van der Waals surface area contributed by atoms with Gasteiger partial charge in [-0.05, 0) is 36.8 Å².